The Morgan fingerprint density at radius 2 is 1.74 bits per heavy atom. The molecule has 0 bridgehead atoms. The number of alkyl carbamates (subject to hydrolysis) is 1. The number of rotatable bonds is 7. The van der Waals surface area contributed by atoms with E-state index < -0.39 is 17.7 Å². The molecular formula is C27H33N3O4. The van der Waals surface area contributed by atoms with Gasteiger partial charge in [-0.3, -0.25) is 4.79 Å². The molecule has 2 aromatic carbocycles. The number of ether oxygens (including phenoxy) is 1. The monoisotopic (exact) mass is 463 g/mol. The van der Waals surface area contributed by atoms with Crippen molar-refractivity contribution in [3.63, 3.8) is 0 Å². The number of anilines is 1. The molecule has 34 heavy (non-hydrogen) atoms. The fraction of sp³-hybridized carbons (Fsp3) is 0.370. The molecule has 1 atom stereocenters. The van der Waals surface area contributed by atoms with Gasteiger partial charge in [-0.15, -0.1) is 0 Å². The fourth-order valence-electron chi connectivity index (χ4n) is 3.55. The number of aromatic nitrogens is 1. The number of hydrogen-bond donors (Lipinski definition) is 2. The highest BCUT2D eigenvalue weighted by Gasteiger charge is 2.25. The zero-order valence-electron chi connectivity index (χ0n) is 20.6. The number of oxazole rings is 1. The van der Waals surface area contributed by atoms with Gasteiger partial charge >= 0.3 is 6.09 Å². The summed E-state index contributed by atoms with van der Waals surface area (Å²) < 4.78 is 10.7. The third kappa shape index (κ3) is 6.94. The minimum atomic E-state index is -0.700. The molecule has 0 aliphatic carbocycles. The standard InChI is InChI=1S/C27H33N3O4/c1-17(2)15-23(30-26(32)34-27(4,5)6)24(31)29-21-11-9-19(10-12-21)22-16-20(8-7-18(22)3)25-28-13-14-33-25/h7-14,16-17,23H,15H2,1-6H3,(H,29,31)(H,30,32). The predicted octanol–water partition coefficient (Wildman–Crippen LogP) is 6.19. The van der Waals surface area contributed by atoms with Crippen LogP contribution in [0.4, 0.5) is 10.5 Å². The van der Waals surface area contributed by atoms with Crippen LogP contribution >= 0.6 is 0 Å². The van der Waals surface area contributed by atoms with E-state index in [9.17, 15) is 9.59 Å². The quantitative estimate of drug-likeness (QED) is 0.435. The van der Waals surface area contributed by atoms with Crippen LogP contribution in [-0.4, -0.2) is 28.6 Å². The van der Waals surface area contributed by atoms with Crippen molar-refractivity contribution in [2.75, 3.05) is 5.32 Å². The highest BCUT2D eigenvalue weighted by atomic mass is 16.6. The van der Waals surface area contributed by atoms with Gasteiger partial charge in [-0.05, 0) is 81.0 Å². The van der Waals surface area contributed by atoms with Gasteiger partial charge in [-0.25, -0.2) is 9.78 Å². The summed E-state index contributed by atoms with van der Waals surface area (Å²) in [5.41, 5.74) is 4.09. The summed E-state index contributed by atoms with van der Waals surface area (Å²) >= 11 is 0. The molecule has 1 heterocycles. The van der Waals surface area contributed by atoms with Gasteiger partial charge in [-0.1, -0.05) is 32.0 Å². The van der Waals surface area contributed by atoms with Crippen LogP contribution in [0.1, 0.15) is 46.6 Å². The Labute approximate surface area is 200 Å². The Kier molecular flexibility index (Phi) is 7.76. The van der Waals surface area contributed by atoms with E-state index in [0.29, 0.717) is 18.0 Å². The van der Waals surface area contributed by atoms with Gasteiger partial charge in [0.05, 0.1) is 6.20 Å². The lowest BCUT2D eigenvalue weighted by atomic mass is 9.97. The minimum absolute atomic E-state index is 0.215. The molecule has 3 rings (SSSR count). The van der Waals surface area contributed by atoms with Crippen LogP contribution in [0.25, 0.3) is 22.6 Å². The zero-order chi connectivity index (χ0) is 24.9. The number of amides is 2. The van der Waals surface area contributed by atoms with Crippen molar-refractivity contribution in [2.24, 2.45) is 5.92 Å². The first kappa shape index (κ1) is 25.0. The van der Waals surface area contributed by atoms with E-state index >= 15 is 0 Å². The summed E-state index contributed by atoms with van der Waals surface area (Å²) in [6.45, 7) is 11.4. The van der Waals surface area contributed by atoms with Crippen LogP contribution < -0.4 is 10.6 Å². The molecule has 7 nitrogen and oxygen atoms in total. The second kappa shape index (κ2) is 10.5. The van der Waals surface area contributed by atoms with Crippen molar-refractivity contribution in [3.05, 3.63) is 60.5 Å². The summed E-state index contributed by atoms with van der Waals surface area (Å²) in [5, 5.41) is 5.61. The number of carbonyl (C=O) groups excluding carboxylic acids is 2. The first-order valence-corrected chi connectivity index (χ1v) is 11.4. The Balaban J connectivity index is 1.73. The summed E-state index contributed by atoms with van der Waals surface area (Å²) in [7, 11) is 0. The highest BCUT2D eigenvalue weighted by molar-refractivity contribution is 5.96. The summed E-state index contributed by atoms with van der Waals surface area (Å²) in [6, 6.07) is 13.0. The van der Waals surface area contributed by atoms with E-state index in [1.165, 1.54) is 0 Å². The van der Waals surface area contributed by atoms with Gasteiger partial charge < -0.3 is 19.8 Å². The maximum absolute atomic E-state index is 12.9. The highest BCUT2D eigenvalue weighted by Crippen LogP contribution is 2.29. The second-order valence-electron chi connectivity index (χ2n) is 9.76. The number of benzene rings is 2. The molecule has 0 saturated carbocycles. The zero-order valence-corrected chi connectivity index (χ0v) is 20.6. The molecule has 1 aromatic heterocycles. The van der Waals surface area contributed by atoms with Crippen LogP contribution in [0.3, 0.4) is 0 Å². The fourth-order valence-corrected chi connectivity index (χ4v) is 3.55. The molecule has 2 N–H and O–H groups in total. The van der Waals surface area contributed by atoms with Crippen LogP contribution in [0.5, 0.6) is 0 Å². The number of nitrogens with zero attached hydrogens (tertiary/aromatic N) is 1. The largest absolute Gasteiger partial charge is 0.445 e. The Hall–Kier alpha value is -3.61. The summed E-state index contributed by atoms with van der Waals surface area (Å²) in [5.74, 6) is 0.500. The van der Waals surface area contributed by atoms with Crippen molar-refractivity contribution >= 4 is 17.7 Å². The van der Waals surface area contributed by atoms with Crippen molar-refractivity contribution in [1.29, 1.82) is 0 Å². The Bertz CT molecular complexity index is 1110. The molecule has 180 valence electrons. The number of nitrogens with one attached hydrogen (secondary N) is 2. The van der Waals surface area contributed by atoms with Crippen LogP contribution in [0.2, 0.25) is 0 Å². The predicted molar refractivity (Wildman–Crippen MR) is 133 cm³/mol. The van der Waals surface area contributed by atoms with E-state index in [2.05, 4.69) is 15.6 Å². The van der Waals surface area contributed by atoms with E-state index in [-0.39, 0.29) is 11.8 Å². The topological polar surface area (TPSA) is 93.5 Å². The Morgan fingerprint density at radius 1 is 1.06 bits per heavy atom. The summed E-state index contributed by atoms with van der Waals surface area (Å²) in [4.78, 5) is 29.4. The molecule has 2 amide bonds. The normalized spacial score (nSPS) is 12.3. The van der Waals surface area contributed by atoms with Gasteiger partial charge in [0, 0.05) is 11.3 Å². The maximum Gasteiger partial charge on any atom is 0.408 e. The third-order valence-electron chi connectivity index (χ3n) is 5.09. The van der Waals surface area contributed by atoms with E-state index in [0.717, 1.165) is 22.3 Å². The minimum Gasteiger partial charge on any atom is -0.445 e. The molecule has 0 aliphatic heterocycles. The van der Waals surface area contributed by atoms with Gasteiger partial charge in [0.2, 0.25) is 11.8 Å². The molecule has 0 spiro atoms. The van der Waals surface area contributed by atoms with Crippen molar-refractivity contribution in [1.82, 2.24) is 10.3 Å². The van der Waals surface area contributed by atoms with Crippen LogP contribution in [0.15, 0.2) is 59.3 Å². The second-order valence-corrected chi connectivity index (χ2v) is 9.76. The number of carbonyl (C=O) groups is 2. The van der Waals surface area contributed by atoms with Crippen molar-refractivity contribution in [3.8, 4) is 22.6 Å². The lowest BCUT2D eigenvalue weighted by Crippen LogP contribution is -2.46. The average Bonchev–Trinajstić information content (AvgIpc) is 3.27. The van der Waals surface area contributed by atoms with Crippen molar-refractivity contribution < 1.29 is 18.7 Å². The lowest BCUT2D eigenvalue weighted by molar-refractivity contribution is -0.118. The van der Waals surface area contributed by atoms with E-state index in [4.69, 9.17) is 9.15 Å². The van der Waals surface area contributed by atoms with Crippen LogP contribution in [0, 0.1) is 12.8 Å². The molecule has 3 aromatic rings. The molecular weight excluding hydrogens is 430 g/mol. The van der Waals surface area contributed by atoms with Gasteiger partial charge in [0.15, 0.2) is 0 Å². The first-order valence-electron chi connectivity index (χ1n) is 11.4. The average molecular weight is 464 g/mol. The maximum atomic E-state index is 12.9. The van der Waals surface area contributed by atoms with E-state index in [1.54, 1.807) is 33.2 Å². The molecule has 1 unspecified atom stereocenters. The lowest BCUT2D eigenvalue weighted by Gasteiger charge is -2.24. The molecule has 0 fully saturated rings. The van der Waals surface area contributed by atoms with Crippen LogP contribution in [-0.2, 0) is 9.53 Å². The van der Waals surface area contributed by atoms with Gasteiger partial charge in [-0.2, -0.15) is 0 Å². The smallest absolute Gasteiger partial charge is 0.408 e. The first-order chi connectivity index (χ1) is 16.0. The molecule has 0 radical (unpaired) electrons. The molecule has 7 heteroatoms. The number of hydrogen-bond acceptors (Lipinski definition) is 5. The van der Waals surface area contributed by atoms with Gasteiger partial charge in [0.1, 0.15) is 17.9 Å². The number of aryl methyl sites for hydroxylation is 1. The van der Waals surface area contributed by atoms with Gasteiger partial charge in [0.25, 0.3) is 0 Å². The molecule has 0 saturated heterocycles. The third-order valence-corrected chi connectivity index (χ3v) is 5.09. The van der Waals surface area contributed by atoms with Crippen molar-refractivity contribution in [2.45, 2.75) is 59.6 Å². The summed E-state index contributed by atoms with van der Waals surface area (Å²) in [6.07, 6.45) is 3.06. The Morgan fingerprint density at radius 3 is 2.32 bits per heavy atom. The molecule has 0 aliphatic rings. The van der Waals surface area contributed by atoms with E-state index in [1.807, 2.05) is 63.2 Å². The SMILES string of the molecule is Cc1ccc(-c2ncco2)cc1-c1ccc(NC(=O)C(CC(C)C)NC(=O)OC(C)(C)C)cc1.